The van der Waals surface area contributed by atoms with Crippen molar-refractivity contribution in [3.63, 3.8) is 0 Å². The lowest BCUT2D eigenvalue weighted by Crippen LogP contribution is -2.50. The minimum atomic E-state index is -4.50. The van der Waals surface area contributed by atoms with Crippen LogP contribution < -0.4 is 20.7 Å². The van der Waals surface area contributed by atoms with Crippen LogP contribution in [-0.2, 0) is 10.9 Å². The molecular weight excluding hydrogens is 667 g/mol. The van der Waals surface area contributed by atoms with E-state index in [1.54, 1.807) is 35.9 Å². The van der Waals surface area contributed by atoms with Gasteiger partial charge in [-0.3, -0.25) is 4.79 Å². The van der Waals surface area contributed by atoms with Crippen LogP contribution in [0.1, 0.15) is 88.1 Å². The summed E-state index contributed by atoms with van der Waals surface area (Å²) in [7, 11) is 1.75. The summed E-state index contributed by atoms with van der Waals surface area (Å²) in [5.41, 5.74) is -0.271. The van der Waals surface area contributed by atoms with Gasteiger partial charge >= 0.3 is 18.2 Å². The van der Waals surface area contributed by atoms with Gasteiger partial charge in [-0.2, -0.15) is 13.2 Å². The lowest BCUT2D eigenvalue weighted by Gasteiger charge is -2.36. The number of hydrogen-bond donors (Lipinski definition) is 4. The Hall–Kier alpha value is -4.04. The number of halogens is 3. The van der Waals surface area contributed by atoms with E-state index in [-0.39, 0.29) is 54.2 Å². The van der Waals surface area contributed by atoms with Crippen molar-refractivity contribution in [3.8, 4) is 5.75 Å². The summed E-state index contributed by atoms with van der Waals surface area (Å²) in [6, 6.07) is 7.40. The molecule has 0 spiro atoms. The van der Waals surface area contributed by atoms with Gasteiger partial charge < -0.3 is 40.3 Å². The van der Waals surface area contributed by atoms with Crippen LogP contribution in [0.5, 0.6) is 5.75 Å². The maximum Gasteiger partial charge on any atom is 0.416 e. The standard InChI is InChI=1S/C37H52F3N5O6/c1-24-21-45(25(2)23-46)34(47)31-20-30(42-35(48)41-29-15-13-27(14-16-29)37(38,39)40)17-18-32(31)51-26(3)10-8-9-19-50-33(24)22-44(4)36(49)43-28-11-6-5-7-12-28/h13-18,20,24-26,28,33,46H,5-12,19,21-23H2,1-4H3,(H,43,49)(H2,41,42,48)/t24-,25-,26+,33-/m0/s1. The molecule has 4 N–H and O–H groups in total. The normalized spacial score (nSPS) is 21.8. The summed E-state index contributed by atoms with van der Waals surface area (Å²) in [6.45, 7) is 6.27. The molecule has 2 aromatic carbocycles. The van der Waals surface area contributed by atoms with Crippen LogP contribution in [0, 0.1) is 5.92 Å². The Balaban J connectivity index is 1.55. The van der Waals surface area contributed by atoms with Gasteiger partial charge in [0.05, 0.1) is 36.0 Å². The van der Waals surface area contributed by atoms with Crippen molar-refractivity contribution in [2.75, 3.05) is 44.0 Å². The first kappa shape index (κ1) is 39.7. The van der Waals surface area contributed by atoms with Crippen molar-refractivity contribution < 1.29 is 42.1 Å². The number of hydrogen-bond acceptors (Lipinski definition) is 6. The maximum absolute atomic E-state index is 14.4. The molecule has 0 radical (unpaired) electrons. The van der Waals surface area contributed by atoms with E-state index in [1.165, 1.54) is 12.5 Å². The third kappa shape index (κ3) is 11.7. The molecule has 2 aliphatic rings. The fraction of sp³-hybridized carbons (Fsp3) is 0.595. The van der Waals surface area contributed by atoms with E-state index in [1.807, 2.05) is 13.8 Å². The van der Waals surface area contributed by atoms with E-state index in [0.29, 0.717) is 25.3 Å². The van der Waals surface area contributed by atoms with Crippen molar-refractivity contribution >= 4 is 29.3 Å². The fourth-order valence-corrected chi connectivity index (χ4v) is 6.38. The number of anilines is 2. The minimum Gasteiger partial charge on any atom is -0.490 e. The molecular formula is C37H52F3N5O6. The first-order chi connectivity index (χ1) is 24.2. The highest BCUT2D eigenvalue weighted by molar-refractivity contribution is 6.02. The molecule has 282 valence electrons. The number of benzene rings is 2. The van der Waals surface area contributed by atoms with E-state index in [9.17, 15) is 32.7 Å². The number of nitrogens with zero attached hydrogens (tertiary/aromatic N) is 2. The largest absolute Gasteiger partial charge is 0.490 e. The van der Waals surface area contributed by atoms with E-state index in [0.717, 1.165) is 62.8 Å². The molecule has 1 saturated carbocycles. The summed E-state index contributed by atoms with van der Waals surface area (Å²) >= 11 is 0. The predicted octanol–water partition coefficient (Wildman–Crippen LogP) is 7.12. The molecule has 0 unspecified atom stereocenters. The monoisotopic (exact) mass is 719 g/mol. The Bertz CT molecular complexity index is 1450. The predicted molar refractivity (Wildman–Crippen MR) is 189 cm³/mol. The van der Waals surface area contributed by atoms with Gasteiger partial charge in [0.25, 0.3) is 5.91 Å². The first-order valence-electron chi connectivity index (χ1n) is 17.9. The second-order valence-corrected chi connectivity index (χ2v) is 13.8. The molecule has 4 rings (SSSR count). The summed E-state index contributed by atoms with van der Waals surface area (Å²) < 4.78 is 51.5. The number of carbonyl (C=O) groups excluding carboxylic acids is 3. The number of rotatable bonds is 7. The van der Waals surface area contributed by atoms with Gasteiger partial charge in [-0.1, -0.05) is 26.2 Å². The van der Waals surface area contributed by atoms with Crippen LogP contribution in [0.2, 0.25) is 0 Å². The number of nitrogens with one attached hydrogen (secondary N) is 3. The van der Waals surface area contributed by atoms with Crippen molar-refractivity contribution in [2.45, 2.75) is 103 Å². The van der Waals surface area contributed by atoms with Crippen molar-refractivity contribution in [2.24, 2.45) is 5.92 Å². The van der Waals surface area contributed by atoms with E-state index in [4.69, 9.17) is 9.47 Å². The highest BCUT2D eigenvalue weighted by Crippen LogP contribution is 2.31. The van der Waals surface area contributed by atoms with Crippen LogP contribution in [-0.4, -0.2) is 90.5 Å². The fourth-order valence-electron chi connectivity index (χ4n) is 6.38. The zero-order chi connectivity index (χ0) is 37.1. The summed E-state index contributed by atoms with van der Waals surface area (Å²) in [5, 5.41) is 18.5. The van der Waals surface area contributed by atoms with Gasteiger partial charge in [0.2, 0.25) is 0 Å². The zero-order valence-electron chi connectivity index (χ0n) is 29.9. The zero-order valence-corrected chi connectivity index (χ0v) is 29.9. The van der Waals surface area contributed by atoms with Crippen LogP contribution in [0.15, 0.2) is 42.5 Å². The summed E-state index contributed by atoms with van der Waals surface area (Å²) in [6.07, 6.45) is 2.44. The molecule has 1 aliphatic heterocycles. The van der Waals surface area contributed by atoms with Crippen LogP contribution in [0.3, 0.4) is 0 Å². The number of alkyl halides is 3. The van der Waals surface area contributed by atoms with Gasteiger partial charge in [-0.15, -0.1) is 0 Å². The second-order valence-electron chi connectivity index (χ2n) is 13.8. The lowest BCUT2D eigenvalue weighted by molar-refractivity contribution is -0.137. The molecule has 1 fully saturated rings. The molecule has 1 aliphatic carbocycles. The quantitative estimate of drug-likeness (QED) is 0.241. The topological polar surface area (TPSA) is 132 Å². The molecule has 5 amide bonds. The molecule has 2 aromatic rings. The van der Waals surface area contributed by atoms with Gasteiger partial charge in [0.15, 0.2) is 0 Å². The van der Waals surface area contributed by atoms with Crippen LogP contribution in [0.25, 0.3) is 0 Å². The van der Waals surface area contributed by atoms with Crippen molar-refractivity contribution in [1.82, 2.24) is 15.1 Å². The van der Waals surface area contributed by atoms with Crippen LogP contribution >= 0.6 is 0 Å². The molecule has 0 saturated heterocycles. The highest BCUT2D eigenvalue weighted by atomic mass is 19.4. The number of ether oxygens (including phenoxy) is 2. The molecule has 0 bridgehead atoms. The van der Waals surface area contributed by atoms with E-state index in [2.05, 4.69) is 16.0 Å². The number of aliphatic hydroxyl groups is 1. The molecule has 11 nitrogen and oxygen atoms in total. The van der Waals surface area contributed by atoms with Gasteiger partial charge in [-0.05, 0) is 88.4 Å². The Kier molecular flexibility index (Phi) is 14.4. The highest BCUT2D eigenvalue weighted by Gasteiger charge is 2.32. The third-order valence-electron chi connectivity index (χ3n) is 9.51. The average Bonchev–Trinajstić information content (AvgIpc) is 3.09. The number of urea groups is 2. The Labute approximate surface area is 298 Å². The molecule has 51 heavy (non-hydrogen) atoms. The van der Waals surface area contributed by atoms with Gasteiger partial charge in [-0.25, -0.2) is 9.59 Å². The second kappa shape index (κ2) is 18.5. The molecule has 14 heteroatoms. The molecule has 4 atom stereocenters. The minimum absolute atomic E-state index is 0.151. The van der Waals surface area contributed by atoms with Crippen molar-refractivity contribution in [3.05, 3.63) is 53.6 Å². The summed E-state index contributed by atoms with van der Waals surface area (Å²) in [5.74, 6) is -0.362. The van der Waals surface area contributed by atoms with Crippen molar-refractivity contribution in [1.29, 1.82) is 0 Å². The summed E-state index contributed by atoms with van der Waals surface area (Å²) in [4.78, 5) is 43.5. The number of likely N-dealkylation sites (N-methyl/N-ethyl adjacent to an activating group) is 1. The SMILES string of the molecule is C[C@@H]1CCCCO[C@@H](CN(C)C(=O)NC2CCCCC2)[C@@H](C)CN([C@@H](C)CO)C(=O)c2cc(NC(=O)Nc3ccc(C(F)(F)F)cc3)ccc2O1. The number of fused-ring (bicyclic) bond motifs is 1. The number of carbonyl (C=O) groups is 3. The maximum atomic E-state index is 14.4. The first-order valence-corrected chi connectivity index (χ1v) is 17.9. The Morgan fingerprint density at radius 2 is 1.63 bits per heavy atom. The molecule has 1 heterocycles. The van der Waals surface area contributed by atoms with Gasteiger partial charge in [0.1, 0.15) is 5.75 Å². The number of aliphatic hydroxyl groups excluding tert-OH is 1. The Morgan fingerprint density at radius 1 is 0.980 bits per heavy atom. The average molecular weight is 720 g/mol. The Morgan fingerprint density at radius 3 is 2.29 bits per heavy atom. The number of amides is 5. The molecule has 0 aromatic heterocycles. The van der Waals surface area contributed by atoms with E-state index >= 15 is 0 Å². The van der Waals surface area contributed by atoms with Gasteiger partial charge in [0, 0.05) is 50.1 Å². The van der Waals surface area contributed by atoms with E-state index < -0.39 is 35.8 Å². The lowest BCUT2D eigenvalue weighted by atomic mass is 9.96. The smallest absolute Gasteiger partial charge is 0.416 e. The third-order valence-corrected chi connectivity index (χ3v) is 9.51. The van der Waals surface area contributed by atoms with Crippen LogP contribution in [0.4, 0.5) is 34.1 Å².